The molecule has 3 nitrogen and oxygen atoms in total. The molecule has 0 atom stereocenters. The highest BCUT2D eigenvalue weighted by Gasteiger charge is 1.96. The molecule has 2 rings (SSSR count). The molecule has 0 aliphatic carbocycles. The van der Waals surface area contributed by atoms with Crippen LogP contribution in [-0.4, -0.2) is 17.3 Å². The number of hydrogen-bond acceptors (Lipinski definition) is 4. The molecule has 0 aliphatic heterocycles. The lowest BCUT2D eigenvalue weighted by Crippen LogP contribution is -2.05. The number of rotatable bonds is 6. The Morgan fingerprint density at radius 1 is 1.20 bits per heavy atom. The first-order valence-corrected chi connectivity index (χ1v) is 7.67. The van der Waals surface area contributed by atoms with Gasteiger partial charge in [-0.3, -0.25) is 0 Å². The van der Waals surface area contributed by atoms with Crippen molar-refractivity contribution in [3.63, 3.8) is 0 Å². The second kappa shape index (κ2) is 7.56. The second-order valence-corrected chi connectivity index (χ2v) is 5.61. The van der Waals surface area contributed by atoms with Crippen molar-refractivity contribution in [2.24, 2.45) is 0 Å². The zero-order chi connectivity index (χ0) is 14.2. The predicted molar refractivity (Wildman–Crippen MR) is 84.8 cm³/mol. The van der Waals surface area contributed by atoms with E-state index in [-0.39, 0.29) is 0 Å². The Kier molecular flexibility index (Phi) is 5.45. The van der Waals surface area contributed by atoms with Crippen LogP contribution in [0.5, 0.6) is 0 Å². The number of nitriles is 1. The highest BCUT2D eigenvalue weighted by Crippen LogP contribution is 2.13. The molecule has 0 aliphatic rings. The number of aromatic nitrogens is 1. The molecule has 20 heavy (non-hydrogen) atoms. The van der Waals surface area contributed by atoms with Gasteiger partial charge in [0, 0.05) is 24.2 Å². The zero-order valence-electron chi connectivity index (χ0n) is 11.5. The molecule has 1 N–H and O–H groups in total. The summed E-state index contributed by atoms with van der Waals surface area (Å²) in [6.07, 6.45) is 1.59. The highest BCUT2D eigenvalue weighted by molar-refractivity contribution is 7.98. The molecule has 102 valence electrons. The summed E-state index contributed by atoms with van der Waals surface area (Å²) in [5.74, 6) is 2.87. The molecule has 0 bridgehead atoms. The van der Waals surface area contributed by atoms with Gasteiger partial charge in [-0.25, -0.2) is 4.98 Å². The minimum absolute atomic E-state index is 0.587. The average Bonchev–Trinajstić information content (AvgIpc) is 2.49. The van der Waals surface area contributed by atoms with E-state index in [1.54, 1.807) is 12.3 Å². The molecule has 0 radical (unpaired) electrons. The van der Waals surface area contributed by atoms with Crippen molar-refractivity contribution in [3.05, 3.63) is 59.3 Å². The van der Waals surface area contributed by atoms with Crippen LogP contribution in [-0.2, 0) is 5.75 Å². The second-order valence-electron chi connectivity index (χ2n) is 4.51. The molecule has 4 heteroatoms. The summed E-state index contributed by atoms with van der Waals surface area (Å²) in [7, 11) is 0. The Balaban J connectivity index is 1.66. The van der Waals surface area contributed by atoms with E-state index in [0.717, 1.165) is 23.9 Å². The third kappa shape index (κ3) is 4.60. The van der Waals surface area contributed by atoms with Gasteiger partial charge in [-0.1, -0.05) is 29.8 Å². The number of hydrogen-bond donors (Lipinski definition) is 1. The van der Waals surface area contributed by atoms with Crippen LogP contribution in [0.2, 0.25) is 0 Å². The van der Waals surface area contributed by atoms with Crippen LogP contribution in [0.1, 0.15) is 16.7 Å². The number of aryl methyl sites for hydroxylation is 1. The summed E-state index contributed by atoms with van der Waals surface area (Å²) in [4.78, 5) is 4.17. The molecule has 2 aromatic rings. The summed E-state index contributed by atoms with van der Waals surface area (Å²) >= 11 is 1.90. The van der Waals surface area contributed by atoms with Gasteiger partial charge in [-0.15, -0.1) is 0 Å². The Bertz CT molecular complexity index is 570. The molecular formula is C16H17N3S. The molecule has 1 heterocycles. The van der Waals surface area contributed by atoms with Gasteiger partial charge in [-0.2, -0.15) is 17.0 Å². The van der Waals surface area contributed by atoms with E-state index in [9.17, 15) is 0 Å². The fourth-order valence-electron chi connectivity index (χ4n) is 1.69. The van der Waals surface area contributed by atoms with Crippen molar-refractivity contribution < 1.29 is 0 Å². The maximum Gasteiger partial charge on any atom is 0.125 e. The first-order chi connectivity index (χ1) is 9.78. The zero-order valence-corrected chi connectivity index (χ0v) is 12.3. The molecule has 0 saturated heterocycles. The lowest BCUT2D eigenvalue weighted by atomic mass is 10.2. The van der Waals surface area contributed by atoms with Gasteiger partial charge in [0.05, 0.1) is 5.56 Å². The molecule has 0 fully saturated rings. The summed E-state index contributed by atoms with van der Waals surface area (Å²) in [5.41, 5.74) is 3.24. The lowest BCUT2D eigenvalue weighted by Gasteiger charge is -2.05. The minimum atomic E-state index is 0.587. The molecule has 1 aromatic carbocycles. The number of pyridine rings is 1. The maximum absolute atomic E-state index is 8.69. The van der Waals surface area contributed by atoms with Crippen molar-refractivity contribution in [1.29, 1.82) is 5.26 Å². The van der Waals surface area contributed by atoms with Gasteiger partial charge in [0.2, 0.25) is 0 Å². The largest absolute Gasteiger partial charge is 0.369 e. The standard InChI is InChI=1S/C16H17N3S/c1-13-2-4-14(5-3-13)12-20-9-8-18-16-7-6-15(10-17)11-19-16/h2-7,11H,8-9,12H2,1H3,(H,18,19). The first kappa shape index (κ1) is 14.4. The van der Waals surface area contributed by atoms with Crippen molar-refractivity contribution in [1.82, 2.24) is 4.98 Å². The van der Waals surface area contributed by atoms with E-state index in [4.69, 9.17) is 5.26 Å². The fourth-order valence-corrected chi connectivity index (χ4v) is 2.51. The third-order valence-electron chi connectivity index (χ3n) is 2.83. The molecule has 0 unspecified atom stereocenters. The summed E-state index contributed by atoms with van der Waals surface area (Å²) < 4.78 is 0. The normalized spacial score (nSPS) is 10.0. The van der Waals surface area contributed by atoms with E-state index in [0.29, 0.717) is 5.56 Å². The fraction of sp³-hybridized carbons (Fsp3) is 0.250. The molecular weight excluding hydrogens is 266 g/mol. The highest BCUT2D eigenvalue weighted by atomic mass is 32.2. The molecule has 0 saturated carbocycles. The van der Waals surface area contributed by atoms with E-state index in [2.05, 4.69) is 47.6 Å². The van der Waals surface area contributed by atoms with E-state index >= 15 is 0 Å². The third-order valence-corrected chi connectivity index (χ3v) is 3.86. The van der Waals surface area contributed by atoms with Crippen LogP contribution in [0.4, 0.5) is 5.82 Å². The van der Waals surface area contributed by atoms with Gasteiger partial charge < -0.3 is 5.32 Å². The quantitative estimate of drug-likeness (QED) is 0.823. The van der Waals surface area contributed by atoms with Gasteiger partial charge in [0.25, 0.3) is 0 Å². The summed E-state index contributed by atoms with van der Waals surface area (Å²) in [5, 5.41) is 11.9. The van der Waals surface area contributed by atoms with Gasteiger partial charge in [0.15, 0.2) is 0 Å². The Morgan fingerprint density at radius 3 is 2.65 bits per heavy atom. The topological polar surface area (TPSA) is 48.7 Å². The molecule has 0 spiro atoms. The van der Waals surface area contributed by atoms with Crippen LogP contribution >= 0.6 is 11.8 Å². The van der Waals surface area contributed by atoms with Crippen LogP contribution in [0.25, 0.3) is 0 Å². The number of nitrogens with zero attached hydrogens (tertiary/aromatic N) is 2. The van der Waals surface area contributed by atoms with Gasteiger partial charge >= 0.3 is 0 Å². The van der Waals surface area contributed by atoms with Crippen LogP contribution < -0.4 is 5.32 Å². The van der Waals surface area contributed by atoms with Crippen LogP contribution in [0.15, 0.2) is 42.6 Å². The van der Waals surface area contributed by atoms with Crippen LogP contribution in [0.3, 0.4) is 0 Å². The predicted octanol–water partition coefficient (Wildman–Crippen LogP) is 3.61. The lowest BCUT2D eigenvalue weighted by molar-refractivity contribution is 1.16. The smallest absolute Gasteiger partial charge is 0.125 e. The average molecular weight is 283 g/mol. The van der Waals surface area contributed by atoms with E-state index < -0.39 is 0 Å². The monoisotopic (exact) mass is 283 g/mol. The summed E-state index contributed by atoms with van der Waals surface area (Å²) in [6.45, 7) is 2.97. The summed E-state index contributed by atoms with van der Waals surface area (Å²) in [6, 6.07) is 14.3. The molecule has 1 aromatic heterocycles. The first-order valence-electron chi connectivity index (χ1n) is 6.51. The maximum atomic E-state index is 8.69. The number of nitrogens with one attached hydrogen (secondary N) is 1. The Labute approximate surface area is 124 Å². The van der Waals surface area contributed by atoms with Crippen molar-refractivity contribution in [2.75, 3.05) is 17.6 Å². The van der Waals surface area contributed by atoms with E-state index in [1.807, 2.05) is 17.8 Å². The Morgan fingerprint density at radius 2 is 2.00 bits per heavy atom. The Hall–Kier alpha value is -1.99. The molecule has 0 amide bonds. The van der Waals surface area contributed by atoms with E-state index in [1.165, 1.54) is 11.1 Å². The number of anilines is 1. The minimum Gasteiger partial charge on any atom is -0.369 e. The number of thioether (sulfide) groups is 1. The van der Waals surface area contributed by atoms with Crippen molar-refractivity contribution >= 4 is 17.6 Å². The van der Waals surface area contributed by atoms with Gasteiger partial charge in [0.1, 0.15) is 11.9 Å². The van der Waals surface area contributed by atoms with Crippen molar-refractivity contribution in [3.8, 4) is 6.07 Å². The van der Waals surface area contributed by atoms with Gasteiger partial charge in [-0.05, 0) is 24.6 Å². The van der Waals surface area contributed by atoms with Crippen molar-refractivity contribution in [2.45, 2.75) is 12.7 Å². The SMILES string of the molecule is Cc1ccc(CSCCNc2ccc(C#N)cn2)cc1. The number of benzene rings is 1. The van der Waals surface area contributed by atoms with Crippen LogP contribution in [0, 0.1) is 18.3 Å².